The number of aryl methyl sites for hydroxylation is 1. The highest BCUT2D eigenvalue weighted by Crippen LogP contribution is 2.36. The lowest BCUT2D eigenvalue weighted by Gasteiger charge is -2.21. The van der Waals surface area contributed by atoms with E-state index in [9.17, 15) is 4.79 Å². The molecule has 4 N–H and O–H groups in total. The molecule has 0 unspecified atom stereocenters. The van der Waals surface area contributed by atoms with Crippen molar-refractivity contribution in [2.45, 2.75) is 19.4 Å². The molecule has 1 fully saturated rings. The fraction of sp³-hybridized carbons (Fsp3) is 0.385. The van der Waals surface area contributed by atoms with Crippen LogP contribution in [0.3, 0.4) is 0 Å². The SMILES string of the molecule is Cc1nc2c(N3CC[C@@H](NC(=O)O)C3)c(N)ccc2s1. The van der Waals surface area contributed by atoms with Crippen LogP contribution in [0.2, 0.25) is 0 Å². The number of nitrogen functional groups attached to an aromatic ring is 1. The molecule has 1 aliphatic rings. The van der Waals surface area contributed by atoms with E-state index in [4.69, 9.17) is 10.8 Å². The first-order chi connectivity index (χ1) is 9.54. The van der Waals surface area contributed by atoms with Gasteiger partial charge in [0.2, 0.25) is 0 Å². The van der Waals surface area contributed by atoms with Crippen LogP contribution in [-0.4, -0.2) is 35.3 Å². The molecule has 3 rings (SSSR count). The third-order valence-corrected chi connectivity index (χ3v) is 4.44. The number of anilines is 2. The molecule has 106 valence electrons. The Bertz CT molecular complexity index is 670. The number of hydrogen-bond donors (Lipinski definition) is 3. The van der Waals surface area contributed by atoms with Gasteiger partial charge in [-0.15, -0.1) is 11.3 Å². The smallest absolute Gasteiger partial charge is 0.404 e. The van der Waals surface area contributed by atoms with Gasteiger partial charge in [0, 0.05) is 13.1 Å². The maximum Gasteiger partial charge on any atom is 0.404 e. The maximum absolute atomic E-state index is 10.7. The highest BCUT2D eigenvalue weighted by molar-refractivity contribution is 7.18. The van der Waals surface area contributed by atoms with E-state index in [0.29, 0.717) is 12.2 Å². The van der Waals surface area contributed by atoms with Crippen molar-refractivity contribution < 1.29 is 9.90 Å². The zero-order chi connectivity index (χ0) is 14.3. The number of benzene rings is 1. The van der Waals surface area contributed by atoms with Crippen LogP contribution in [0, 0.1) is 6.92 Å². The fourth-order valence-corrected chi connectivity index (χ4v) is 3.52. The lowest BCUT2D eigenvalue weighted by atomic mass is 10.2. The Morgan fingerprint density at radius 2 is 2.40 bits per heavy atom. The molecular formula is C13H16N4O2S. The first-order valence-electron chi connectivity index (χ1n) is 6.44. The molecule has 0 saturated carbocycles. The summed E-state index contributed by atoms with van der Waals surface area (Å²) in [5.41, 5.74) is 8.65. The first kappa shape index (κ1) is 13.0. The number of aromatic nitrogens is 1. The van der Waals surface area contributed by atoms with Crippen molar-refractivity contribution in [3.05, 3.63) is 17.1 Å². The summed E-state index contributed by atoms with van der Waals surface area (Å²) in [5, 5.41) is 12.3. The second-order valence-corrected chi connectivity index (χ2v) is 6.20. The zero-order valence-corrected chi connectivity index (χ0v) is 11.9. The molecule has 7 heteroatoms. The predicted octanol–water partition coefficient (Wildman–Crippen LogP) is 2.03. The van der Waals surface area contributed by atoms with Gasteiger partial charge in [0.15, 0.2) is 0 Å². The summed E-state index contributed by atoms with van der Waals surface area (Å²) in [6.45, 7) is 3.39. The average Bonchev–Trinajstić information content (AvgIpc) is 2.94. The Balaban J connectivity index is 1.94. The summed E-state index contributed by atoms with van der Waals surface area (Å²) < 4.78 is 1.11. The molecule has 1 amide bonds. The van der Waals surface area contributed by atoms with E-state index in [1.807, 2.05) is 19.1 Å². The van der Waals surface area contributed by atoms with Gasteiger partial charge in [-0.1, -0.05) is 0 Å². The molecule has 0 aliphatic carbocycles. The Labute approximate surface area is 120 Å². The van der Waals surface area contributed by atoms with Gasteiger partial charge in [-0.25, -0.2) is 9.78 Å². The number of nitrogens with two attached hydrogens (primary N) is 1. The van der Waals surface area contributed by atoms with Crippen molar-refractivity contribution in [3.63, 3.8) is 0 Å². The number of carboxylic acid groups (broad SMARTS) is 1. The van der Waals surface area contributed by atoms with E-state index in [1.165, 1.54) is 0 Å². The summed E-state index contributed by atoms with van der Waals surface area (Å²) in [6.07, 6.45) is -0.196. The molecule has 2 heterocycles. The molecule has 20 heavy (non-hydrogen) atoms. The van der Waals surface area contributed by atoms with E-state index in [1.54, 1.807) is 11.3 Å². The van der Waals surface area contributed by atoms with Gasteiger partial charge in [0.25, 0.3) is 0 Å². The average molecular weight is 292 g/mol. The third-order valence-electron chi connectivity index (χ3n) is 3.50. The second-order valence-electron chi connectivity index (χ2n) is 4.96. The van der Waals surface area contributed by atoms with Crippen LogP contribution in [0.5, 0.6) is 0 Å². The van der Waals surface area contributed by atoms with E-state index in [2.05, 4.69) is 15.2 Å². The minimum Gasteiger partial charge on any atom is -0.465 e. The zero-order valence-electron chi connectivity index (χ0n) is 11.1. The van der Waals surface area contributed by atoms with Crippen molar-refractivity contribution in [2.75, 3.05) is 23.7 Å². The number of thiazole rings is 1. The minimum atomic E-state index is -0.979. The lowest BCUT2D eigenvalue weighted by molar-refractivity contribution is 0.191. The molecule has 0 bridgehead atoms. The Morgan fingerprint density at radius 1 is 1.60 bits per heavy atom. The monoisotopic (exact) mass is 292 g/mol. The maximum atomic E-state index is 10.7. The second kappa shape index (κ2) is 4.82. The quantitative estimate of drug-likeness (QED) is 0.737. The van der Waals surface area contributed by atoms with Crippen LogP contribution in [0.1, 0.15) is 11.4 Å². The number of fused-ring (bicyclic) bond motifs is 1. The summed E-state index contributed by atoms with van der Waals surface area (Å²) >= 11 is 1.64. The molecule has 0 spiro atoms. The summed E-state index contributed by atoms with van der Waals surface area (Å²) in [5.74, 6) is 0. The van der Waals surface area contributed by atoms with E-state index in [0.717, 1.165) is 33.9 Å². The van der Waals surface area contributed by atoms with Crippen molar-refractivity contribution in [1.29, 1.82) is 0 Å². The molecule has 2 aromatic rings. The van der Waals surface area contributed by atoms with Gasteiger partial charge in [-0.3, -0.25) is 0 Å². The van der Waals surface area contributed by atoms with Crippen molar-refractivity contribution in [1.82, 2.24) is 10.3 Å². The molecule has 1 saturated heterocycles. The number of nitrogens with one attached hydrogen (secondary N) is 1. The van der Waals surface area contributed by atoms with Crippen molar-refractivity contribution >= 4 is 39.0 Å². The molecule has 1 aromatic heterocycles. The van der Waals surface area contributed by atoms with Gasteiger partial charge in [0.1, 0.15) is 5.52 Å². The fourth-order valence-electron chi connectivity index (χ4n) is 2.69. The standard InChI is InChI=1S/C13H16N4O2S/c1-7-15-11-10(20-7)3-2-9(14)12(11)17-5-4-8(6-17)16-13(18)19/h2-3,8,16H,4-6,14H2,1H3,(H,18,19)/t8-/m1/s1. The molecule has 0 radical (unpaired) electrons. The minimum absolute atomic E-state index is 0.0538. The lowest BCUT2D eigenvalue weighted by Crippen LogP contribution is -2.36. The Hall–Kier alpha value is -2.02. The highest BCUT2D eigenvalue weighted by atomic mass is 32.1. The van der Waals surface area contributed by atoms with Crippen molar-refractivity contribution in [2.24, 2.45) is 0 Å². The number of nitrogens with zero attached hydrogens (tertiary/aromatic N) is 2. The summed E-state index contributed by atoms with van der Waals surface area (Å²) in [6, 6.07) is 3.83. The van der Waals surface area contributed by atoms with Crippen LogP contribution in [0.15, 0.2) is 12.1 Å². The largest absolute Gasteiger partial charge is 0.465 e. The highest BCUT2D eigenvalue weighted by Gasteiger charge is 2.27. The summed E-state index contributed by atoms with van der Waals surface area (Å²) in [4.78, 5) is 17.4. The van der Waals surface area contributed by atoms with Crippen LogP contribution >= 0.6 is 11.3 Å². The van der Waals surface area contributed by atoms with Gasteiger partial charge < -0.3 is 21.1 Å². The van der Waals surface area contributed by atoms with Crippen LogP contribution < -0.4 is 16.0 Å². The molecular weight excluding hydrogens is 276 g/mol. The molecule has 1 aliphatic heterocycles. The van der Waals surface area contributed by atoms with E-state index < -0.39 is 6.09 Å². The Morgan fingerprint density at radius 3 is 3.15 bits per heavy atom. The molecule has 1 atom stereocenters. The van der Waals surface area contributed by atoms with Crippen LogP contribution in [-0.2, 0) is 0 Å². The topological polar surface area (TPSA) is 91.5 Å². The van der Waals surface area contributed by atoms with Gasteiger partial charge in [-0.2, -0.15) is 0 Å². The van der Waals surface area contributed by atoms with Crippen LogP contribution in [0.4, 0.5) is 16.2 Å². The van der Waals surface area contributed by atoms with Crippen molar-refractivity contribution in [3.8, 4) is 0 Å². The van der Waals surface area contributed by atoms with Gasteiger partial charge in [-0.05, 0) is 25.5 Å². The number of hydrogen-bond acceptors (Lipinski definition) is 5. The van der Waals surface area contributed by atoms with E-state index >= 15 is 0 Å². The van der Waals surface area contributed by atoms with Gasteiger partial charge >= 0.3 is 6.09 Å². The number of rotatable bonds is 2. The molecule has 1 aromatic carbocycles. The number of amides is 1. The predicted molar refractivity (Wildman–Crippen MR) is 80.5 cm³/mol. The third kappa shape index (κ3) is 2.24. The Kier molecular flexibility index (Phi) is 3.13. The normalized spacial score (nSPS) is 18.6. The van der Waals surface area contributed by atoms with E-state index in [-0.39, 0.29) is 6.04 Å². The van der Waals surface area contributed by atoms with Crippen LogP contribution in [0.25, 0.3) is 10.2 Å². The molecule has 6 nitrogen and oxygen atoms in total. The first-order valence-corrected chi connectivity index (χ1v) is 7.26. The number of carbonyl (C=O) groups is 1. The summed E-state index contributed by atoms with van der Waals surface area (Å²) in [7, 11) is 0. The van der Waals surface area contributed by atoms with Gasteiger partial charge in [0.05, 0.1) is 27.1 Å².